The van der Waals surface area contributed by atoms with Crippen molar-refractivity contribution in [2.45, 2.75) is 25.0 Å². The molecule has 0 amide bonds. The smallest absolute Gasteiger partial charge is 0.337 e. The highest BCUT2D eigenvalue weighted by molar-refractivity contribution is 6.42. The molecule has 2 heterocycles. The normalized spacial score (nSPS) is 20.6. The summed E-state index contributed by atoms with van der Waals surface area (Å²) in [5, 5.41) is 10.5. The Balaban J connectivity index is 1.28. The first-order valence-electron chi connectivity index (χ1n) is 10.5. The highest BCUT2D eigenvalue weighted by Gasteiger charge is 2.28. The van der Waals surface area contributed by atoms with Crippen molar-refractivity contribution in [2.24, 2.45) is 0 Å². The average molecular weight is 465 g/mol. The lowest BCUT2D eigenvalue weighted by molar-refractivity contribution is 0.00273. The van der Waals surface area contributed by atoms with Crippen molar-refractivity contribution in [1.29, 1.82) is 0 Å². The van der Waals surface area contributed by atoms with Crippen LogP contribution in [0.2, 0.25) is 10.0 Å². The van der Waals surface area contributed by atoms with E-state index in [-0.39, 0.29) is 12.2 Å². The monoisotopic (exact) mass is 464 g/mol. The van der Waals surface area contributed by atoms with Crippen molar-refractivity contribution in [3.8, 4) is 5.75 Å². The number of carboxylic acids is 1. The number of ether oxygens (including phenoxy) is 2. The number of hydrogen-bond donors (Lipinski definition) is 1. The summed E-state index contributed by atoms with van der Waals surface area (Å²) in [6.45, 7) is 4.65. The summed E-state index contributed by atoms with van der Waals surface area (Å²) in [5.41, 5.74) is 1.10. The van der Waals surface area contributed by atoms with E-state index in [1.807, 2.05) is 18.2 Å². The second-order valence-corrected chi connectivity index (χ2v) is 8.77. The van der Waals surface area contributed by atoms with Crippen LogP contribution < -0.4 is 9.64 Å². The number of aromatic carboxylic acids is 1. The van der Waals surface area contributed by atoms with Crippen molar-refractivity contribution in [1.82, 2.24) is 4.90 Å². The molecule has 0 aliphatic carbocycles. The number of carboxylic acid groups (broad SMARTS) is 1. The molecule has 1 N–H and O–H groups in total. The van der Waals surface area contributed by atoms with Crippen molar-refractivity contribution in [3.05, 3.63) is 58.1 Å². The Morgan fingerprint density at radius 1 is 1.10 bits per heavy atom. The predicted octanol–water partition coefficient (Wildman–Crippen LogP) is 4.44. The summed E-state index contributed by atoms with van der Waals surface area (Å²) < 4.78 is 12.1. The van der Waals surface area contributed by atoms with Crippen molar-refractivity contribution >= 4 is 34.9 Å². The Kier molecular flexibility index (Phi) is 7.23. The molecular weight excluding hydrogens is 439 g/mol. The molecule has 2 aliphatic rings. The SMILES string of the molecule is O=C(O)c1ccccc1N1CCO[C@H](CN2CCC(Oc3ccc(Cl)c(Cl)c3)CC2)C1. The Morgan fingerprint density at radius 2 is 1.87 bits per heavy atom. The first kappa shape index (κ1) is 22.2. The molecule has 2 fully saturated rings. The van der Waals surface area contributed by atoms with E-state index in [1.165, 1.54) is 0 Å². The van der Waals surface area contributed by atoms with Gasteiger partial charge in [-0.05, 0) is 37.1 Å². The van der Waals surface area contributed by atoms with Gasteiger partial charge in [-0.3, -0.25) is 0 Å². The van der Waals surface area contributed by atoms with Crippen LogP contribution >= 0.6 is 23.2 Å². The molecule has 4 rings (SSSR count). The second kappa shape index (κ2) is 10.1. The Hall–Kier alpha value is -1.99. The number of morpholine rings is 1. The van der Waals surface area contributed by atoms with Crippen molar-refractivity contribution in [3.63, 3.8) is 0 Å². The Bertz CT molecular complexity index is 918. The van der Waals surface area contributed by atoms with Gasteiger partial charge in [-0.15, -0.1) is 0 Å². The molecule has 2 saturated heterocycles. The number of carbonyl (C=O) groups is 1. The summed E-state index contributed by atoms with van der Waals surface area (Å²) >= 11 is 12.0. The molecule has 166 valence electrons. The molecule has 0 saturated carbocycles. The quantitative estimate of drug-likeness (QED) is 0.681. The molecule has 0 bridgehead atoms. The number of rotatable bonds is 6. The second-order valence-electron chi connectivity index (χ2n) is 7.95. The zero-order valence-electron chi connectivity index (χ0n) is 17.2. The number of para-hydroxylation sites is 1. The number of halogens is 2. The highest BCUT2D eigenvalue weighted by atomic mass is 35.5. The molecular formula is C23H26Cl2N2O4. The minimum atomic E-state index is -0.900. The van der Waals surface area contributed by atoms with Crippen LogP contribution in [0.4, 0.5) is 5.69 Å². The van der Waals surface area contributed by atoms with Gasteiger partial charge in [0.25, 0.3) is 0 Å². The molecule has 8 heteroatoms. The first-order chi connectivity index (χ1) is 15.0. The summed E-state index contributed by atoms with van der Waals surface area (Å²) in [6, 6.07) is 12.5. The Morgan fingerprint density at radius 3 is 2.61 bits per heavy atom. The number of piperidine rings is 1. The first-order valence-corrected chi connectivity index (χ1v) is 11.3. The van der Waals surface area contributed by atoms with Gasteiger partial charge in [0.15, 0.2) is 0 Å². The molecule has 0 unspecified atom stereocenters. The molecule has 2 aromatic carbocycles. The lowest BCUT2D eigenvalue weighted by Gasteiger charge is -2.39. The third-order valence-electron chi connectivity index (χ3n) is 5.80. The minimum absolute atomic E-state index is 0.0446. The van der Waals surface area contributed by atoms with Crippen LogP contribution in [0.3, 0.4) is 0 Å². The molecule has 1 atom stereocenters. The topological polar surface area (TPSA) is 62.2 Å². The minimum Gasteiger partial charge on any atom is -0.490 e. The zero-order valence-corrected chi connectivity index (χ0v) is 18.7. The van der Waals surface area contributed by atoms with Gasteiger partial charge < -0.3 is 24.4 Å². The van der Waals surface area contributed by atoms with E-state index < -0.39 is 5.97 Å². The summed E-state index contributed by atoms with van der Waals surface area (Å²) in [7, 11) is 0. The van der Waals surface area contributed by atoms with E-state index in [2.05, 4.69) is 9.80 Å². The summed E-state index contributed by atoms with van der Waals surface area (Å²) in [4.78, 5) is 16.1. The van der Waals surface area contributed by atoms with E-state index in [4.69, 9.17) is 32.7 Å². The molecule has 31 heavy (non-hydrogen) atoms. The van der Waals surface area contributed by atoms with E-state index >= 15 is 0 Å². The highest BCUT2D eigenvalue weighted by Crippen LogP contribution is 2.28. The van der Waals surface area contributed by atoms with Crippen LogP contribution in [0, 0.1) is 0 Å². The van der Waals surface area contributed by atoms with Gasteiger partial charge in [0, 0.05) is 38.8 Å². The van der Waals surface area contributed by atoms with Crippen LogP contribution in [0.1, 0.15) is 23.2 Å². The standard InChI is InChI=1S/C23H26Cl2N2O4/c24-20-6-5-17(13-21(20)25)31-16-7-9-26(10-8-16)14-18-15-27(11-12-30-18)22-4-2-1-3-19(22)23(28)29/h1-6,13,16,18H,7-12,14-15H2,(H,28,29)/t18-/m1/s1. The van der Waals surface area contributed by atoms with Gasteiger partial charge in [0.1, 0.15) is 11.9 Å². The van der Waals surface area contributed by atoms with Crippen molar-refractivity contribution in [2.75, 3.05) is 44.2 Å². The summed E-state index contributed by atoms with van der Waals surface area (Å²) in [5.74, 6) is -0.154. The zero-order chi connectivity index (χ0) is 21.8. The number of anilines is 1. The Labute approximate surface area is 192 Å². The van der Waals surface area contributed by atoms with E-state index in [0.717, 1.165) is 43.9 Å². The van der Waals surface area contributed by atoms with Gasteiger partial charge >= 0.3 is 5.97 Å². The lowest BCUT2D eigenvalue weighted by Crippen LogP contribution is -2.50. The van der Waals surface area contributed by atoms with Crippen molar-refractivity contribution < 1.29 is 19.4 Å². The van der Waals surface area contributed by atoms with Gasteiger partial charge in [0.2, 0.25) is 0 Å². The molecule has 0 spiro atoms. The van der Waals surface area contributed by atoms with Gasteiger partial charge in [-0.2, -0.15) is 0 Å². The van der Waals surface area contributed by atoms with E-state index in [1.54, 1.807) is 24.3 Å². The number of hydrogen-bond acceptors (Lipinski definition) is 5. The third-order valence-corrected chi connectivity index (χ3v) is 6.54. The number of nitrogens with zero attached hydrogens (tertiary/aromatic N) is 2. The van der Waals surface area contributed by atoms with Gasteiger partial charge in [0.05, 0.1) is 34.0 Å². The fourth-order valence-corrected chi connectivity index (χ4v) is 4.51. The molecule has 0 aromatic heterocycles. The molecule has 2 aromatic rings. The van der Waals surface area contributed by atoms with Crippen LogP contribution in [-0.4, -0.2) is 67.5 Å². The average Bonchev–Trinajstić information content (AvgIpc) is 2.78. The largest absolute Gasteiger partial charge is 0.490 e. The molecule has 6 nitrogen and oxygen atoms in total. The van der Waals surface area contributed by atoms with Gasteiger partial charge in [-0.1, -0.05) is 35.3 Å². The third kappa shape index (κ3) is 5.63. The van der Waals surface area contributed by atoms with E-state index in [0.29, 0.717) is 35.3 Å². The fourth-order valence-electron chi connectivity index (χ4n) is 4.22. The van der Waals surface area contributed by atoms with Crippen LogP contribution in [0.5, 0.6) is 5.75 Å². The molecule has 2 aliphatic heterocycles. The van der Waals surface area contributed by atoms with Crippen LogP contribution in [-0.2, 0) is 4.74 Å². The van der Waals surface area contributed by atoms with Crippen LogP contribution in [0.15, 0.2) is 42.5 Å². The fraction of sp³-hybridized carbons (Fsp3) is 0.435. The lowest BCUT2D eigenvalue weighted by atomic mass is 10.1. The molecule has 0 radical (unpaired) electrons. The van der Waals surface area contributed by atoms with Crippen LogP contribution in [0.25, 0.3) is 0 Å². The maximum Gasteiger partial charge on any atom is 0.337 e. The van der Waals surface area contributed by atoms with Gasteiger partial charge in [-0.25, -0.2) is 4.79 Å². The number of benzene rings is 2. The summed E-state index contributed by atoms with van der Waals surface area (Å²) in [6.07, 6.45) is 2.06. The maximum absolute atomic E-state index is 11.6. The number of likely N-dealkylation sites (tertiary alicyclic amines) is 1. The predicted molar refractivity (Wildman–Crippen MR) is 122 cm³/mol. The van der Waals surface area contributed by atoms with E-state index in [9.17, 15) is 9.90 Å². The maximum atomic E-state index is 11.6.